The third-order valence-corrected chi connectivity index (χ3v) is 4.74. The molecule has 0 bridgehead atoms. The lowest BCUT2D eigenvalue weighted by Crippen LogP contribution is -2.31. The van der Waals surface area contributed by atoms with Crippen molar-refractivity contribution in [2.45, 2.75) is 56.5 Å². The highest BCUT2D eigenvalue weighted by molar-refractivity contribution is 14.1. The predicted octanol–water partition coefficient (Wildman–Crippen LogP) is 4.90. The Morgan fingerprint density at radius 3 is 1.87 bits per heavy atom. The van der Waals surface area contributed by atoms with Gasteiger partial charge in [0.1, 0.15) is 20.5 Å². The van der Waals surface area contributed by atoms with Crippen molar-refractivity contribution in [1.29, 1.82) is 0 Å². The minimum Gasteiger partial charge on any atom is -0.428 e. The lowest BCUT2D eigenvalue weighted by molar-refractivity contribution is -0.136. The van der Waals surface area contributed by atoms with Gasteiger partial charge >= 0.3 is 12.1 Å². The molecule has 1 unspecified atom stereocenters. The summed E-state index contributed by atoms with van der Waals surface area (Å²) in [6.07, 6.45) is 0.600. The first-order valence-electron chi connectivity index (χ1n) is 7.51. The molecular formula is C17H23IO5. The van der Waals surface area contributed by atoms with Gasteiger partial charge < -0.3 is 14.2 Å². The Morgan fingerprint density at radius 2 is 1.43 bits per heavy atom. The van der Waals surface area contributed by atoms with E-state index in [0.717, 1.165) is 0 Å². The van der Waals surface area contributed by atoms with E-state index >= 15 is 0 Å². The number of carbonyl (C=O) groups is 2. The summed E-state index contributed by atoms with van der Waals surface area (Å²) in [6.45, 7) is 9.29. The minimum absolute atomic E-state index is 0.307. The molecule has 0 amide bonds. The summed E-state index contributed by atoms with van der Waals surface area (Å²) in [7, 11) is 0. The molecule has 0 aliphatic carbocycles. The van der Waals surface area contributed by atoms with Crippen LogP contribution in [0.15, 0.2) is 24.3 Å². The van der Waals surface area contributed by atoms with Crippen LogP contribution in [0.4, 0.5) is 4.79 Å². The van der Waals surface area contributed by atoms with Crippen molar-refractivity contribution in [1.82, 2.24) is 0 Å². The number of carbonyl (C=O) groups excluding carboxylic acids is 2. The largest absolute Gasteiger partial charge is 0.514 e. The summed E-state index contributed by atoms with van der Waals surface area (Å²) in [5.41, 5.74) is -0.572. The number of esters is 1. The molecule has 0 saturated carbocycles. The maximum absolute atomic E-state index is 12.0. The van der Waals surface area contributed by atoms with Crippen molar-refractivity contribution < 1.29 is 23.8 Å². The van der Waals surface area contributed by atoms with Gasteiger partial charge in [-0.15, -0.1) is 0 Å². The molecule has 0 saturated heterocycles. The van der Waals surface area contributed by atoms with Gasteiger partial charge in [0, 0.05) is 0 Å². The zero-order valence-corrected chi connectivity index (χ0v) is 16.3. The standard InChI is InChI=1S/C17H23IO5/c1-6-16(3,4)23-15(20)22-13-10-8-12(9-11-13)21-14(19)17(5,18)7-2/h8-11H,6-7H2,1-5H3. The van der Waals surface area contributed by atoms with Gasteiger partial charge in [-0.05, 0) is 57.9 Å². The molecule has 0 aliphatic heterocycles. The van der Waals surface area contributed by atoms with E-state index in [1.54, 1.807) is 24.3 Å². The second kappa shape index (κ2) is 7.99. The van der Waals surface area contributed by atoms with Gasteiger partial charge in [0.15, 0.2) is 0 Å². The number of hydrogen-bond donors (Lipinski definition) is 0. The van der Waals surface area contributed by atoms with Crippen LogP contribution in [0.3, 0.4) is 0 Å². The second-order valence-corrected chi connectivity index (χ2v) is 8.36. The van der Waals surface area contributed by atoms with Crippen LogP contribution < -0.4 is 9.47 Å². The molecule has 0 spiro atoms. The highest BCUT2D eigenvalue weighted by atomic mass is 127. The predicted molar refractivity (Wildman–Crippen MR) is 96.3 cm³/mol. The van der Waals surface area contributed by atoms with Gasteiger partial charge in [-0.1, -0.05) is 36.4 Å². The van der Waals surface area contributed by atoms with Crippen molar-refractivity contribution in [2.75, 3.05) is 0 Å². The SMILES string of the molecule is CCC(C)(C)OC(=O)Oc1ccc(OC(=O)C(C)(I)CC)cc1. The van der Waals surface area contributed by atoms with E-state index in [1.165, 1.54) is 0 Å². The van der Waals surface area contributed by atoms with Crippen molar-refractivity contribution in [3.05, 3.63) is 24.3 Å². The van der Waals surface area contributed by atoms with Crippen LogP contribution in [0.5, 0.6) is 11.5 Å². The smallest absolute Gasteiger partial charge is 0.428 e. The van der Waals surface area contributed by atoms with Crippen molar-refractivity contribution in [2.24, 2.45) is 0 Å². The van der Waals surface area contributed by atoms with E-state index in [1.807, 2.05) is 34.6 Å². The molecule has 1 aromatic carbocycles. The fourth-order valence-electron chi connectivity index (χ4n) is 1.35. The Kier molecular flexibility index (Phi) is 6.85. The van der Waals surface area contributed by atoms with Gasteiger partial charge in [0.25, 0.3) is 0 Å². The van der Waals surface area contributed by atoms with Crippen LogP contribution in [0.2, 0.25) is 0 Å². The zero-order chi connectivity index (χ0) is 17.7. The Labute approximate surface area is 150 Å². The Hall–Kier alpha value is -1.31. The molecule has 0 fully saturated rings. The highest BCUT2D eigenvalue weighted by Gasteiger charge is 2.30. The van der Waals surface area contributed by atoms with E-state index in [2.05, 4.69) is 22.6 Å². The molecule has 1 aromatic rings. The molecule has 0 N–H and O–H groups in total. The normalized spacial score (nSPS) is 13.8. The molecule has 0 aromatic heterocycles. The summed E-state index contributed by atoms with van der Waals surface area (Å²) in [4.78, 5) is 23.7. The monoisotopic (exact) mass is 434 g/mol. The van der Waals surface area contributed by atoms with Gasteiger partial charge in [0.05, 0.1) is 0 Å². The molecular weight excluding hydrogens is 411 g/mol. The van der Waals surface area contributed by atoms with Gasteiger partial charge in [-0.3, -0.25) is 4.79 Å². The van der Waals surface area contributed by atoms with Crippen molar-refractivity contribution in [3.63, 3.8) is 0 Å². The summed E-state index contributed by atoms with van der Waals surface area (Å²) < 4.78 is 15.0. The average molecular weight is 434 g/mol. The van der Waals surface area contributed by atoms with Crippen molar-refractivity contribution >= 4 is 34.7 Å². The van der Waals surface area contributed by atoms with Gasteiger partial charge in [0.2, 0.25) is 0 Å². The van der Waals surface area contributed by atoms with E-state index in [9.17, 15) is 9.59 Å². The first-order valence-corrected chi connectivity index (χ1v) is 8.59. The molecule has 0 aliphatic rings. The number of rotatable bonds is 6. The molecule has 1 atom stereocenters. The van der Waals surface area contributed by atoms with E-state index in [4.69, 9.17) is 14.2 Å². The van der Waals surface area contributed by atoms with Crippen LogP contribution in [0.25, 0.3) is 0 Å². The van der Waals surface area contributed by atoms with Crippen LogP contribution in [-0.4, -0.2) is 21.1 Å². The summed E-state index contributed by atoms with van der Waals surface area (Å²) >= 11 is 2.07. The van der Waals surface area contributed by atoms with Crippen molar-refractivity contribution in [3.8, 4) is 11.5 Å². The molecule has 1 rings (SSSR count). The number of benzene rings is 1. The zero-order valence-electron chi connectivity index (χ0n) is 14.1. The molecule has 128 valence electrons. The molecule has 5 nitrogen and oxygen atoms in total. The maximum atomic E-state index is 12.0. The van der Waals surface area contributed by atoms with Gasteiger partial charge in [-0.2, -0.15) is 0 Å². The minimum atomic E-state index is -0.757. The van der Waals surface area contributed by atoms with E-state index in [0.29, 0.717) is 24.3 Å². The second-order valence-electron chi connectivity index (χ2n) is 5.98. The first-order chi connectivity index (χ1) is 10.6. The third kappa shape index (κ3) is 6.37. The topological polar surface area (TPSA) is 61.8 Å². The van der Waals surface area contributed by atoms with E-state index < -0.39 is 15.2 Å². The lowest BCUT2D eigenvalue weighted by Gasteiger charge is -2.22. The Bertz CT molecular complexity index is 549. The fourth-order valence-corrected chi connectivity index (χ4v) is 1.46. The summed E-state index contributed by atoms with van der Waals surface area (Å²) in [5, 5.41) is 0. The van der Waals surface area contributed by atoms with Crippen LogP contribution in [0.1, 0.15) is 47.5 Å². The summed E-state index contributed by atoms with van der Waals surface area (Å²) in [6, 6.07) is 6.26. The number of hydrogen-bond acceptors (Lipinski definition) is 5. The maximum Gasteiger partial charge on any atom is 0.514 e. The van der Waals surface area contributed by atoms with E-state index in [-0.39, 0.29) is 5.97 Å². The molecule has 6 heteroatoms. The Morgan fingerprint density at radius 1 is 0.957 bits per heavy atom. The molecule has 0 radical (unpaired) electrons. The number of ether oxygens (including phenoxy) is 3. The summed E-state index contributed by atoms with van der Waals surface area (Å²) in [5.74, 6) is 0.425. The quantitative estimate of drug-likeness (QED) is 0.210. The fraction of sp³-hybridized carbons (Fsp3) is 0.529. The number of alkyl halides is 1. The third-order valence-electron chi connectivity index (χ3n) is 3.54. The number of halogens is 1. The first kappa shape index (κ1) is 19.7. The van der Waals surface area contributed by atoms with Crippen LogP contribution >= 0.6 is 22.6 Å². The lowest BCUT2D eigenvalue weighted by atomic mass is 10.1. The van der Waals surface area contributed by atoms with Crippen LogP contribution in [0, 0.1) is 0 Å². The Balaban J connectivity index is 2.64. The molecule has 23 heavy (non-hydrogen) atoms. The molecule has 0 heterocycles. The average Bonchev–Trinajstić information content (AvgIpc) is 2.48. The van der Waals surface area contributed by atoms with Crippen LogP contribution in [-0.2, 0) is 9.53 Å². The van der Waals surface area contributed by atoms with Gasteiger partial charge in [-0.25, -0.2) is 4.79 Å². The highest BCUT2D eigenvalue weighted by Crippen LogP contribution is 2.26.